The van der Waals surface area contributed by atoms with Gasteiger partial charge in [-0.05, 0) is 44.0 Å². The first-order valence-electron chi connectivity index (χ1n) is 10.4. The molecule has 8 nitrogen and oxygen atoms in total. The Kier molecular flexibility index (Phi) is 5.65. The summed E-state index contributed by atoms with van der Waals surface area (Å²) in [5, 5.41) is 0. The van der Waals surface area contributed by atoms with Gasteiger partial charge in [0.2, 0.25) is 11.8 Å². The maximum Gasteiger partial charge on any atom is 0.272 e. The standard InChI is InChI=1S/C23H23FN4O4/c1-23-13-12-20(30)28(23)18-10-5-3-8-16(18)22(32)27(23)14-6-11-19(29)25-26-21(31)15-7-2-4-9-17(15)24/h2-5,7-10H,6,11-14H2,1H3,(H,25,29)(H,26,31). The highest BCUT2D eigenvalue weighted by Gasteiger charge is 2.52. The quantitative estimate of drug-likeness (QED) is 0.700. The average Bonchev–Trinajstić information content (AvgIpc) is 3.10. The number of hydrazine groups is 1. The van der Waals surface area contributed by atoms with Crippen molar-refractivity contribution in [1.29, 1.82) is 0 Å². The van der Waals surface area contributed by atoms with Crippen molar-refractivity contribution in [1.82, 2.24) is 15.8 Å². The zero-order valence-corrected chi connectivity index (χ0v) is 17.6. The molecule has 1 unspecified atom stereocenters. The first kappa shape index (κ1) is 21.5. The van der Waals surface area contributed by atoms with Gasteiger partial charge in [0.25, 0.3) is 11.8 Å². The van der Waals surface area contributed by atoms with Gasteiger partial charge in [0.1, 0.15) is 11.5 Å². The fraction of sp³-hybridized carbons (Fsp3) is 0.304. The molecule has 4 rings (SSSR count). The molecular weight excluding hydrogens is 415 g/mol. The second-order valence-electron chi connectivity index (χ2n) is 8.01. The van der Waals surface area contributed by atoms with E-state index in [2.05, 4.69) is 10.9 Å². The Bertz CT molecular complexity index is 1100. The minimum absolute atomic E-state index is 0.0347. The summed E-state index contributed by atoms with van der Waals surface area (Å²) in [6.45, 7) is 2.13. The number of nitrogens with one attached hydrogen (secondary N) is 2. The molecule has 4 amide bonds. The molecule has 0 spiro atoms. The van der Waals surface area contributed by atoms with Crippen LogP contribution in [0.3, 0.4) is 0 Å². The summed E-state index contributed by atoms with van der Waals surface area (Å²) < 4.78 is 13.6. The Morgan fingerprint density at radius 1 is 1.06 bits per heavy atom. The Morgan fingerprint density at radius 3 is 2.56 bits per heavy atom. The summed E-state index contributed by atoms with van der Waals surface area (Å²) in [7, 11) is 0. The molecule has 2 aliphatic heterocycles. The van der Waals surface area contributed by atoms with Gasteiger partial charge < -0.3 is 4.90 Å². The Hall–Kier alpha value is -3.75. The maximum absolute atomic E-state index is 13.6. The molecule has 2 aromatic carbocycles. The molecule has 0 saturated carbocycles. The Morgan fingerprint density at radius 2 is 1.78 bits per heavy atom. The zero-order valence-electron chi connectivity index (χ0n) is 17.6. The number of hydrogen-bond acceptors (Lipinski definition) is 4. The van der Waals surface area contributed by atoms with Crippen LogP contribution in [0.1, 0.15) is 53.3 Å². The van der Waals surface area contributed by atoms with Crippen LogP contribution in [0.5, 0.6) is 0 Å². The summed E-state index contributed by atoms with van der Waals surface area (Å²) >= 11 is 0. The number of anilines is 1. The summed E-state index contributed by atoms with van der Waals surface area (Å²) in [6, 6.07) is 12.5. The number of nitrogens with zero attached hydrogens (tertiary/aromatic N) is 2. The number of benzene rings is 2. The van der Waals surface area contributed by atoms with E-state index >= 15 is 0 Å². The molecule has 32 heavy (non-hydrogen) atoms. The second-order valence-corrected chi connectivity index (χ2v) is 8.01. The van der Waals surface area contributed by atoms with E-state index in [1.807, 2.05) is 6.92 Å². The number of hydrogen-bond donors (Lipinski definition) is 2. The summed E-state index contributed by atoms with van der Waals surface area (Å²) in [4.78, 5) is 53.2. The molecule has 1 saturated heterocycles. The van der Waals surface area contributed by atoms with E-state index in [1.165, 1.54) is 18.2 Å². The summed E-state index contributed by atoms with van der Waals surface area (Å²) in [6.07, 6.45) is 1.22. The van der Waals surface area contributed by atoms with Crippen molar-refractivity contribution in [3.8, 4) is 0 Å². The highest BCUT2D eigenvalue weighted by atomic mass is 19.1. The molecule has 1 fully saturated rings. The molecule has 166 valence electrons. The number of amides is 4. The molecule has 0 bridgehead atoms. The maximum atomic E-state index is 13.6. The van der Waals surface area contributed by atoms with E-state index in [1.54, 1.807) is 34.1 Å². The second kappa shape index (κ2) is 8.41. The van der Waals surface area contributed by atoms with E-state index in [0.717, 1.165) is 6.07 Å². The van der Waals surface area contributed by atoms with Crippen molar-refractivity contribution in [2.24, 2.45) is 0 Å². The topological polar surface area (TPSA) is 98.8 Å². The van der Waals surface area contributed by atoms with Crippen LogP contribution in [-0.2, 0) is 9.59 Å². The monoisotopic (exact) mass is 438 g/mol. The SMILES string of the molecule is CC12CCC(=O)N1c1ccccc1C(=O)N2CCCC(=O)NNC(=O)c1ccccc1F. The minimum Gasteiger partial charge on any atom is -0.315 e. The lowest BCUT2D eigenvalue weighted by Crippen LogP contribution is -2.62. The molecule has 0 radical (unpaired) electrons. The molecule has 0 aromatic heterocycles. The fourth-order valence-electron chi connectivity index (χ4n) is 4.34. The van der Waals surface area contributed by atoms with Gasteiger partial charge in [0.05, 0.1) is 16.8 Å². The molecular formula is C23H23FN4O4. The lowest BCUT2D eigenvalue weighted by Gasteiger charge is -2.48. The van der Waals surface area contributed by atoms with E-state index in [9.17, 15) is 23.6 Å². The van der Waals surface area contributed by atoms with Crippen LogP contribution < -0.4 is 15.8 Å². The molecule has 9 heteroatoms. The van der Waals surface area contributed by atoms with Crippen molar-refractivity contribution < 1.29 is 23.6 Å². The van der Waals surface area contributed by atoms with Gasteiger partial charge in [-0.1, -0.05) is 24.3 Å². The Balaban J connectivity index is 1.37. The molecule has 1 atom stereocenters. The van der Waals surface area contributed by atoms with Gasteiger partial charge in [-0.2, -0.15) is 0 Å². The number of fused-ring (bicyclic) bond motifs is 3. The van der Waals surface area contributed by atoms with E-state index < -0.39 is 23.3 Å². The third-order valence-electron chi connectivity index (χ3n) is 5.97. The van der Waals surface area contributed by atoms with Crippen molar-refractivity contribution in [3.05, 3.63) is 65.5 Å². The van der Waals surface area contributed by atoms with Crippen LogP contribution in [-0.4, -0.2) is 40.7 Å². The van der Waals surface area contributed by atoms with E-state index in [4.69, 9.17) is 0 Å². The van der Waals surface area contributed by atoms with Crippen LogP contribution in [0.2, 0.25) is 0 Å². The van der Waals surface area contributed by atoms with Gasteiger partial charge in [-0.15, -0.1) is 0 Å². The number of carbonyl (C=O) groups excluding carboxylic acids is 4. The van der Waals surface area contributed by atoms with Gasteiger partial charge in [0, 0.05) is 19.4 Å². The third-order valence-corrected chi connectivity index (χ3v) is 5.97. The molecule has 0 aliphatic carbocycles. The normalized spacial score (nSPS) is 19.4. The van der Waals surface area contributed by atoms with Crippen molar-refractivity contribution in [2.75, 3.05) is 11.4 Å². The largest absolute Gasteiger partial charge is 0.315 e. The highest BCUT2D eigenvalue weighted by Crippen LogP contribution is 2.43. The predicted octanol–water partition coefficient (Wildman–Crippen LogP) is 2.37. The number of rotatable bonds is 5. The smallest absolute Gasteiger partial charge is 0.272 e. The fourth-order valence-corrected chi connectivity index (χ4v) is 4.34. The first-order valence-corrected chi connectivity index (χ1v) is 10.4. The molecule has 2 heterocycles. The number of halogens is 1. The van der Waals surface area contributed by atoms with Crippen molar-refractivity contribution in [2.45, 2.75) is 38.3 Å². The van der Waals surface area contributed by atoms with Crippen LogP contribution >= 0.6 is 0 Å². The first-order chi connectivity index (χ1) is 15.3. The van der Waals surface area contributed by atoms with Gasteiger partial charge in [-0.3, -0.25) is 34.9 Å². The lowest BCUT2D eigenvalue weighted by atomic mass is 9.98. The van der Waals surface area contributed by atoms with E-state index in [-0.39, 0.29) is 30.3 Å². The van der Waals surface area contributed by atoms with Crippen LogP contribution in [0.25, 0.3) is 0 Å². The van der Waals surface area contributed by atoms with Crippen LogP contribution in [0.4, 0.5) is 10.1 Å². The number of para-hydroxylation sites is 1. The van der Waals surface area contributed by atoms with Gasteiger partial charge in [-0.25, -0.2) is 4.39 Å². The average molecular weight is 438 g/mol. The molecule has 2 aromatic rings. The predicted molar refractivity (Wildman–Crippen MR) is 114 cm³/mol. The minimum atomic E-state index is -0.780. The summed E-state index contributed by atoms with van der Waals surface area (Å²) in [5.41, 5.74) is 4.57. The van der Waals surface area contributed by atoms with Crippen LogP contribution in [0.15, 0.2) is 48.5 Å². The van der Waals surface area contributed by atoms with Crippen molar-refractivity contribution in [3.63, 3.8) is 0 Å². The number of carbonyl (C=O) groups is 4. The third kappa shape index (κ3) is 3.70. The van der Waals surface area contributed by atoms with Gasteiger partial charge in [0.15, 0.2) is 0 Å². The lowest BCUT2D eigenvalue weighted by molar-refractivity contribution is -0.122. The van der Waals surface area contributed by atoms with Crippen molar-refractivity contribution >= 4 is 29.3 Å². The van der Waals surface area contributed by atoms with E-state index in [0.29, 0.717) is 30.5 Å². The van der Waals surface area contributed by atoms with Crippen LogP contribution in [0, 0.1) is 5.82 Å². The highest BCUT2D eigenvalue weighted by molar-refractivity contribution is 6.10. The Labute approximate surface area is 184 Å². The van der Waals surface area contributed by atoms with Gasteiger partial charge >= 0.3 is 0 Å². The molecule has 2 N–H and O–H groups in total. The zero-order chi connectivity index (χ0) is 22.9. The molecule has 2 aliphatic rings. The summed E-state index contributed by atoms with van der Waals surface area (Å²) in [5.74, 6) is -2.13.